The van der Waals surface area contributed by atoms with Gasteiger partial charge in [-0.3, -0.25) is 0 Å². The van der Waals surface area contributed by atoms with Crippen LogP contribution in [0.25, 0.3) is 22.0 Å². The normalized spacial score (nSPS) is 15.1. The van der Waals surface area contributed by atoms with Crippen molar-refractivity contribution in [2.45, 2.75) is 26.1 Å². The van der Waals surface area contributed by atoms with E-state index in [1.807, 2.05) is 98.8 Å². The SMILES string of the molecule is CC1(C)OC(=O)C(c2ccc(OCc3ccc4ccccc4n3)cc2)=C1c1ccc(Cl)cc1. The van der Waals surface area contributed by atoms with Gasteiger partial charge in [0.15, 0.2) is 0 Å². The second kappa shape index (κ2) is 8.38. The fourth-order valence-corrected chi connectivity index (χ4v) is 4.30. The predicted molar refractivity (Wildman–Crippen MR) is 131 cm³/mol. The molecule has 0 aliphatic carbocycles. The van der Waals surface area contributed by atoms with Crippen molar-refractivity contribution in [2.75, 3.05) is 0 Å². The van der Waals surface area contributed by atoms with Gasteiger partial charge in [0, 0.05) is 16.0 Å². The smallest absolute Gasteiger partial charge is 0.340 e. The van der Waals surface area contributed by atoms with Gasteiger partial charge in [-0.25, -0.2) is 9.78 Å². The lowest BCUT2D eigenvalue weighted by Crippen LogP contribution is -2.22. The van der Waals surface area contributed by atoms with Gasteiger partial charge in [-0.2, -0.15) is 0 Å². The van der Waals surface area contributed by atoms with Crippen molar-refractivity contribution in [3.63, 3.8) is 0 Å². The molecule has 5 heteroatoms. The van der Waals surface area contributed by atoms with E-state index in [1.165, 1.54) is 0 Å². The van der Waals surface area contributed by atoms with Gasteiger partial charge in [0.1, 0.15) is 18.0 Å². The average Bonchev–Trinajstić information content (AvgIpc) is 3.06. The third kappa shape index (κ3) is 4.22. The quantitative estimate of drug-likeness (QED) is 0.314. The van der Waals surface area contributed by atoms with Crippen LogP contribution in [-0.2, 0) is 16.1 Å². The van der Waals surface area contributed by atoms with Crippen molar-refractivity contribution >= 4 is 39.6 Å². The molecule has 3 aromatic carbocycles. The van der Waals surface area contributed by atoms with Crippen LogP contribution >= 0.6 is 11.6 Å². The van der Waals surface area contributed by atoms with Crippen LogP contribution in [-0.4, -0.2) is 16.6 Å². The third-order valence-electron chi connectivity index (χ3n) is 5.72. The topological polar surface area (TPSA) is 48.4 Å². The number of hydrogen-bond donors (Lipinski definition) is 0. The van der Waals surface area contributed by atoms with Crippen molar-refractivity contribution in [3.8, 4) is 5.75 Å². The Kier molecular flexibility index (Phi) is 5.39. The van der Waals surface area contributed by atoms with Crippen molar-refractivity contribution in [2.24, 2.45) is 0 Å². The number of nitrogens with zero attached hydrogens (tertiary/aromatic N) is 1. The van der Waals surface area contributed by atoms with Crippen LogP contribution in [0.15, 0.2) is 84.9 Å². The standard InChI is InChI=1S/C28H22ClNO3/c1-28(2)26(20-7-12-21(29)13-8-20)25(27(31)33-28)19-10-15-23(16-11-19)32-17-22-14-9-18-5-3-4-6-24(18)30-22/h3-16H,17H2,1-2H3. The summed E-state index contributed by atoms with van der Waals surface area (Å²) in [7, 11) is 0. The summed E-state index contributed by atoms with van der Waals surface area (Å²) in [6.07, 6.45) is 0. The molecule has 5 rings (SSSR count). The molecule has 0 N–H and O–H groups in total. The average molecular weight is 456 g/mol. The summed E-state index contributed by atoms with van der Waals surface area (Å²) in [6.45, 7) is 4.16. The summed E-state index contributed by atoms with van der Waals surface area (Å²) in [5.41, 5.74) is 4.16. The van der Waals surface area contributed by atoms with Crippen LogP contribution in [0.5, 0.6) is 5.75 Å². The summed E-state index contributed by atoms with van der Waals surface area (Å²) < 4.78 is 11.6. The number of cyclic esters (lactones) is 1. The number of hydrogen-bond acceptors (Lipinski definition) is 4. The predicted octanol–water partition coefficient (Wildman–Crippen LogP) is 6.71. The van der Waals surface area contributed by atoms with Crippen molar-refractivity contribution in [1.29, 1.82) is 0 Å². The zero-order valence-electron chi connectivity index (χ0n) is 18.3. The Bertz CT molecular complexity index is 1370. The lowest BCUT2D eigenvalue weighted by Gasteiger charge is -2.21. The molecule has 0 amide bonds. The van der Waals surface area contributed by atoms with Crippen molar-refractivity contribution < 1.29 is 14.3 Å². The van der Waals surface area contributed by atoms with Crippen LogP contribution < -0.4 is 4.74 Å². The van der Waals surface area contributed by atoms with Crippen LogP contribution in [0.1, 0.15) is 30.7 Å². The zero-order valence-corrected chi connectivity index (χ0v) is 19.1. The highest BCUT2D eigenvalue weighted by Crippen LogP contribution is 2.44. The number of halogens is 1. The Labute approximate surface area is 197 Å². The molecule has 4 nitrogen and oxygen atoms in total. The first-order valence-corrected chi connectivity index (χ1v) is 11.1. The molecule has 0 radical (unpaired) electrons. The lowest BCUT2D eigenvalue weighted by molar-refractivity contribution is -0.141. The minimum Gasteiger partial charge on any atom is -0.487 e. The highest BCUT2D eigenvalue weighted by Gasteiger charge is 2.41. The Hall–Kier alpha value is -3.63. The van der Waals surface area contributed by atoms with E-state index in [0.29, 0.717) is 23.0 Å². The number of pyridine rings is 1. The third-order valence-corrected chi connectivity index (χ3v) is 5.97. The number of aromatic nitrogens is 1. The largest absolute Gasteiger partial charge is 0.487 e. The number of carbonyl (C=O) groups excluding carboxylic acids is 1. The molecule has 33 heavy (non-hydrogen) atoms. The van der Waals surface area contributed by atoms with E-state index in [1.54, 1.807) is 0 Å². The Morgan fingerprint density at radius 3 is 2.33 bits per heavy atom. The number of rotatable bonds is 5. The molecular formula is C28H22ClNO3. The second-order valence-electron chi connectivity index (χ2n) is 8.47. The van der Waals surface area contributed by atoms with E-state index in [0.717, 1.165) is 33.3 Å². The van der Waals surface area contributed by atoms with E-state index >= 15 is 0 Å². The number of para-hydroxylation sites is 1. The summed E-state index contributed by atoms with van der Waals surface area (Å²) in [6, 6.07) is 27.0. The summed E-state index contributed by atoms with van der Waals surface area (Å²) in [4.78, 5) is 17.4. The number of carbonyl (C=O) groups is 1. The van der Waals surface area contributed by atoms with E-state index in [-0.39, 0.29) is 5.97 Å². The monoisotopic (exact) mass is 455 g/mol. The molecule has 0 unspecified atom stereocenters. The molecule has 1 aliphatic heterocycles. The van der Waals surface area contributed by atoms with Crippen molar-refractivity contribution in [3.05, 3.63) is 107 Å². The van der Waals surface area contributed by atoms with E-state index in [2.05, 4.69) is 4.98 Å². The summed E-state index contributed by atoms with van der Waals surface area (Å²) in [5.74, 6) is 0.368. The maximum atomic E-state index is 12.8. The van der Waals surface area contributed by atoms with Gasteiger partial charge in [-0.15, -0.1) is 0 Å². The van der Waals surface area contributed by atoms with Crippen LogP contribution in [0, 0.1) is 0 Å². The van der Waals surface area contributed by atoms with Crippen LogP contribution in [0.4, 0.5) is 0 Å². The Morgan fingerprint density at radius 2 is 1.58 bits per heavy atom. The van der Waals surface area contributed by atoms with E-state index in [9.17, 15) is 4.79 Å². The Balaban J connectivity index is 1.40. The van der Waals surface area contributed by atoms with Gasteiger partial charge in [-0.1, -0.05) is 60.1 Å². The van der Waals surface area contributed by atoms with Gasteiger partial charge < -0.3 is 9.47 Å². The first-order valence-electron chi connectivity index (χ1n) is 10.7. The van der Waals surface area contributed by atoms with Gasteiger partial charge >= 0.3 is 5.97 Å². The molecule has 1 aromatic heterocycles. The molecule has 0 bridgehead atoms. The maximum Gasteiger partial charge on any atom is 0.340 e. The molecule has 4 aromatic rings. The minimum absolute atomic E-state index is 0.334. The van der Waals surface area contributed by atoms with Crippen LogP contribution in [0.3, 0.4) is 0 Å². The first kappa shape index (κ1) is 21.2. The lowest BCUT2D eigenvalue weighted by atomic mass is 9.87. The number of esters is 1. The summed E-state index contributed by atoms with van der Waals surface area (Å²) in [5, 5.41) is 1.74. The highest BCUT2D eigenvalue weighted by atomic mass is 35.5. The number of ether oxygens (including phenoxy) is 2. The van der Waals surface area contributed by atoms with Gasteiger partial charge in [0.2, 0.25) is 0 Å². The first-order chi connectivity index (χ1) is 15.9. The van der Waals surface area contributed by atoms with E-state index < -0.39 is 5.60 Å². The second-order valence-corrected chi connectivity index (χ2v) is 8.90. The number of benzene rings is 3. The van der Waals surface area contributed by atoms with Gasteiger partial charge in [-0.05, 0) is 61.4 Å². The number of fused-ring (bicyclic) bond motifs is 1. The molecule has 0 spiro atoms. The van der Waals surface area contributed by atoms with Crippen LogP contribution in [0.2, 0.25) is 5.02 Å². The maximum absolute atomic E-state index is 12.8. The molecule has 0 saturated heterocycles. The molecule has 0 atom stereocenters. The zero-order chi connectivity index (χ0) is 23.0. The molecule has 2 heterocycles. The highest BCUT2D eigenvalue weighted by molar-refractivity contribution is 6.31. The fourth-order valence-electron chi connectivity index (χ4n) is 4.17. The molecule has 0 fully saturated rings. The fraction of sp³-hybridized carbons (Fsp3) is 0.143. The molecule has 0 saturated carbocycles. The van der Waals surface area contributed by atoms with E-state index in [4.69, 9.17) is 21.1 Å². The van der Waals surface area contributed by atoms with Gasteiger partial charge in [0.05, 0.1) is 16.8 Å². The Morgan fingerprint density at radius 1 is 0.879 bits per heavy atom. The molecule has 164 valence electrons. The molecule has 1 aliphatic rings. The minimum atomic E-state index is -0.739. The summed E-state index contributed by atoms with van der Waals surface area (Å²) >= 11 is 6.06. The van der Waals surface area contributed by atoms with Gasteiger partial charge in [0.25, 0.3) is 0 Å². The van der Waals surface area contributed by atoms with Crippen molar-refractivity contribution in [1.82, 2.24) is 4.98 Å². The molecular weight excluding hydrogens is 434 g/mol.